The summed E-state index contributed by atoms with van der Waals surface area (Å²) in [5, 5.41) is 11.9. The molecule has 4 heteroatoms. The number of hydrogen-bond donors (Lipinski definition) is 3. The van der Waals surface area contributed by atoms with Crippen LogP contribution >= 0.6 is 0 Å². The minimum absolute atomic E-state index is 0.112. The van der Waals surface area contributed by atoms with Gasteiger partial charge in [-0.25, -0.2) is 4.39 Å². The molecule has 0 aliphatic heterocycles. The van der Waals surface area contributed by atoms with E-state index in [0.29, 0.717) is 12.1 Å². The molecule has 15 heavy (non-hydrogen) atoms. The number of rotatable bonds is 5. The molecule has 1 aromatic carbocycles. The van der Waals surface area contributed by atoms with Crippen molar-refractivity contribution in [3.05, 3.63) is 24.0 Å². The van der Waals surface area contributed by atoms with Crippen molar-refractivity contribution in [1.82, 2.24) is 0 Å². The number of hydrogen-bond acceptors (Lipinski definition) is 3. The molecule has 0 bridgehead atoms. The predicted molar refractivity (Wildman–Crippen MR) is 60.2 cm³/mol. The highest BCUT2D eigenvalue weighted by atomic mass is 19.1. The highest BCUT2D eigenvalue weighted by Crippen LogP contribution is 2.22. The van der Waals surface area contributed by atoms with E-state index < -0.39 is 5.82 Å². The van der Waals surface area contributed by atoms with Gasteiger partial charge in [0, 0.05) is 12.6 Å². The Hall–Kier alpha value is -1.29. The van der Waals surface area contributed by atoms with Gasteiger partial charge in [0.05, 0.1) is 11.4 Å². The summed E-state index contributed by atoms with van der Waals surface area (Å²) in [5.41, 5.74) is 6.31. The normalized spacial score (nSPS) is 12.5. The summed E-state index contributed by atoms with van der Waals surface area (Å²) >= 11 is 0. The Kier molecular flexibility index (Phi) is 4.37. The van der Waals surface area contributed by atoms with Crippen molar-refractivity contribution in [2.45, 2.75) is 25.8 Å². The average molecular weight is 212 g/mol. The van der Waals surface area contributed by atoms with Crippen LogP contribution in [0.3, 0.4) is 0 Å². The van der Waals surface area contributed by atoms with Gasteiger partial charge in [0.2, 0.25) is 0 Å². The molecule has 0 fully saturated rings. The monoisotopic (exact) mass is 212 g/mol. The quantitative estimate of drug-likeness (QED) is 0.654. The van der Waals surface area contributed by atoms with E-state index in [0.717, 1.165) is 6.42 Å². The molecule has 0 radical (unpaired) electrons. The molecule has 0 aliphatic rings. The molecule has 1 atom stereocenters. The van der Waals surface area contributed by atoms with Crippen LogP contribution in [0, 0.1) is 5.82 Å². The van der Waals surface area contributed by atoms with Crippen LogP contribution in [0.15, 0.2) is 18.2 Å². The Morgan fingerprint density at radius 1 is 1.53 bits per heavy atom. The number of aliphatic hydroxyl groups is 1. The van der Waals surface area contributed by atoms with Crippen molar-refractivity contribution in [1.29, 1.82) is 0 Å². The third-order valence-electron chi connectivity index (χ3n) is 2.38. The van der Waals surface area contributed by atoms with Gasteiger partial charge in [-0.1, -0.05) is 13.0 Å². The zero-order chi connectivity index (χ0) is 11.3. The molecule has 0 spiro atoms. The second-order valence-electron chi connectivity index (χ2n) is 3.46. The first-order valence-corrected chi connectivity index (χ1v) is 5.10. The molecule has 0 aromatic heterocycles. The van der Waals surface area contributed by atoms with Crippen LogP contribution < -0.4 is 11.1 Å². The van der Waals surface area contributed by atoms with E-state index in [1.165, 1.54) is 6.07 Å². The molecule has 0 saturated carbocycles. The molecule has 1 aromatic rings. The van der Waals surface area contributed by atoms with Crippen molar-refractivity contribution in [3.8, 4) is 0 Å². The van der Waals surface area contributed by atoms with Crippen LogP contribution in [0.4, 0.5) is 15.8 Å². The van der Waals surface area contributed by atoms with Gasteiger partial charge in [-0.3, -0.25) is 0 Å². The zero-order valence-corrected chi connectivity index (χ0v) is 8.83. The van der Waals surface area contributed by atoms with Crippen molar-refractivity contribution >= 4 is 11.4 Å². The van der Waals surface area contributed by atoms with Crippen LogP contribution in [-0.2, 0) is 0 Å². The first-order valence-electron chi connectivity index (χ1n) is 5.10. The van der Waals surface area contributed by atoms with E-state index in [4.69, 9.17) is 10.8 Å². The molecular formula is C11H17FN2O. The van der Waals surface area contributed by atoms with Gasteiger partial charge < -0.3 is 16.2 Å². The Bertz CT molecular complexity index is 317. The van der Waals surface area contributed by atoms with E-state index in [9.17, 15) is 4.39 Å². The zero-order valence-electron chi connectivity index (χ0n) is 8.83. The van der Waals surface area contributed by atoms with Crippen molar-refractivity contribution in [2.24, 2.45) is 0 Å². The summed E-state index contributed by atoms with van der Waals surface area (Å²) in [5.74, 6) is -0.418. The molecule has 0 amide bonds. The number of para-hydroxylation sites is 1. The Labute approximate surface area is 89.1 Å². The lowest BCUT2D eigenvalue weighted by atomic mass is 10.1. The lowest BCUT2D eigenvalue weighted by Gasteiger charge is -2.18. The fourth-order valence-electron chi connectivity index (χ4n) is 1.42. The van der Waals surface area contributed by atoms with Crippen LogP contribution in [0.25, 0.3) is 0 Å². The fraction of sp³-hybridized carbons (Fsp3) is 0.455. The first-order chi connectivity index (χ1) is 7.19. The van der Waals surface area contributed by atoms with Crippen molar-refractivity contribution in [3.63, 3.8) is 0 Å². The van der Waals surface area contributed by atoms with Crippen LogP contribution in [0.5, 0.6) is 0 Å². The summed E-state index contributed by atoms with van der Waals surface area (Å²) < 4.78 is 13.1. The van der Waals surface area contributed by atoms with Crippen LogP contribution in [-0.4, -0.2) is 17.8 Å². The maximum Gasteiger partial charge on any atom is 0.148 e. The summed E-state index contributed by atoms with van der Waals surface area (Å²) in [6, 6.07) is 4.80. The van der Waals surface area contributed by atoms with Gasteiger partial charge >= 0.3 is 0 Å². The van der Waals surface area contributed by atoms with E-state index in [-0.39, 0.29) is 18.3 Å². The molecule has 3 nitrogen and oxygen atoms in total. The van der Waals surface area contributed by atoms with Crippen LogP contribution in [0.2, 0.25) is 0 Å². The Balaban J connectivity index is 2.74. The summed E-state index contributed by atoms with van der Waals surface area (Å²) in [6.07, 6.45) is 1.49. The second kappa shape index (κ2) is 5.56. The lowest BCUT2D eigenvalue weighted by Crippen LogP contribution is -2.20. The lowest BCUT2D eigenvalue weighted by molar-refractivity contribution is 0.278. The fourth-order valence-corrected chi connectivity index (χ4v) is 1.42. The molecule has 0 saturated heterocycles. The molecule has 84 valence electrons. The summed E-state index contributed by atoms with van der Waals surface area (Å²) in [6.45, 7) is 2.11. The third-order valence-corrected chi connectivity index (χ3v) is 2.38. The highest BCUT2D eigenvalue weighted by Gasteiger charge is 2.09. The Morgan fingerprint density at radius 2 is 2.27 bits per heavy atom. The largest absolute Gasteiger partial charge is 0.396 e. The van der Waals surface area contributed by atoms with Gasteiger partial charge in [0.15, 0.2) is 0 Å². The standard InChI is InChI=1S/C11H17FN2O/c1-2-8(6-7-15)14-10-5-3-4-9(12)11(10)13/h3-5,8,14-15H,2,6-7,13H2,1H3. The molecular weight excluding hydrogens is 195 g/mol. The van der Waals surface area contributed by atoms with Crippen LogP contribution in [0.1, 0.15) is 19.8 Å². The number of aliphatic hydroxyl groups excluding tert-OH is 1. The Morgan fingerprint density at radius 3 is 2.87 bits per heavy atom. The van der Waals surface area contributed by atoms with Gasteiger partial charge in [0.25, 0.3) is 0 Å². The summed E-state index contributed by atoms with van der Waals surface area (Å²) in [7, 11) is 0. The molecule has 4 N–H and O–H groups in total. The van der Waals surface area contributed by atoms with Crippen molar-refractivity contribution in [2.75, 3.05) is 17.7 Å². The van der Waals surface area contributed by atoms with Gasteiger partial charge in [-0.2, -0.15) is 0 Å². The topological polar surface area (TPSA) is 58.3 Å². The van der Waals surface area contributed by atoms with E-state index in [1.54, 1.807) is 12.1 Å². The van der Waals surface area contributed by atoms with Gasteiger partial charge in [0.1, 0.15) is 5.82 Å². The molecule has 1 unspecified atom stereocenters. The van der Waals surface area contributed by atoms with E-state index in [1.807, 2.05) is 6.92 Å². The summed E-state index contributed by atoms with van der Waals surface area (Å²) in [4.78, 5) is 0. The highest BCUT2D eigenvalue weighted by molar-refractivity contribution is 5.66. The molecule has 0 heterocycles. The number of anilines is 2. The second-order valence-corrected chi connectivity index (χ2v) is 3.46. The number of nitrogen functional groups attached to an aromatic ring is 1. The molecule has 1 rings (SSSR count). The maximum atomic E-state index is 13.1. The first kappa shape index (κ1) is 11.8. The van der Waals surface area contributed by atoms with Crippen molar-refractivity contribution < 1.29 is 9.50 Å². The average Bonchev–Trinajstić information content (AvgIpc) is 2.24. The van der Waals surface area contributed by atoms with Gasteiger partial charge in [-0.15, -0.1) is 0 Å². The SMILES string of the molecule is CCC(CCO)Nc1cccc(F)c1N. The van der Waals surface area contributed by atoms with E-state index >= 15 is 0 Å². The number of nitrogens with one attached hydrogen (secondary N) is 1. The number of halogens is 1. The predicted octanol–water partition coefficient (Wildman–Crippen LogP) is 1.98. The minimum atomic E-state index is -0.418. The number of benzene rings is 1. The minimum Gasteiger partial charge on any atom is -0.396 e. The number of nitrogens with two attached hydrogens (primary N) is 1. The molecule has 0 aliphatic carbocycles. The smallest absolute Gasteiger partial charge is 0.148 e. The van der Waals surface area contributed by atoms with E-state index in [2.05, 4.69) is 5.32 Å². The van der Waals surface area contributed by atoms with Gasteiger partial charge in [-0.05, 0) is 25.0 Å². The maximum absolute atomic E-state index is 13.1. The third kappa shape index (κ3) is 3.09.